The fourth-order valence-corrected chi connectivity index (χ4v) is 3.36. The molecule has 1 aliphatic heterocycles. The Morgan fingerprint density at radius 2 is 2.00 bits per heavy atom. The largest absolute Gasteiger partial charge is 0.493 e. The lowest BCUT2D eigenvalue weighted by Crippen LogP contribution is -2.33. The van der Waals surface area contributed by atoms with E-state index < -0.39 is 0 Å². The van der Waals surface area contributed by atoms with Gasteiger partial charge in [0.05, 0.1) is 26.7 Å². The number of hydrogen-bond donors (Lipinski definition) is 1. The Labute approximate surface area is 164 Å². The number of nitrogens with one attached hydrogen (secondary N) is 1. The van der Waals surface area contributed by atoms with Crippen LogP contribution < -0.4 is 14.8 Å². The Morgan fingerprint density at radius 1 is 1.21 bits per heavy atom. The molecule has 0 spiro atoms. The van der Waals surface area contributed by atoms with Crippen molar-refractivity contribution < 1.29 is 23.5 Å². The Morgan fingerprint density at radius 3 is 2.68 bits per heavy atom. The Hall–Kier alpha value is -2.96. The summed E-state index contributed by atoms with van der Waals surface area (Å²) in [6.07, 6.45) is 0.932. The van der Waals surface area contributed by atoms with Crippen molar-refractivity contribution in [2.75, 3.05) is 27.3 Å². The third kappa shape index (κ3) is 4.65. The number of aryl methyl sites for hydroxylation is 1. The predicted molar refractivity (Wildman–Crippen MR) is 103 cm³/mol. The number of carbonyl (C=O) groups excluding carboxylic acids is 2. The Balaban J connectivity index is 1.51. The highest BCUT2D eigenvalue weighted by Crippen LogP contribution is 2.28. The Bertz CT molecular complexity index is 845. The number of benzene rings is 1. The molecular weight excluding hydrogens is 360 g/mol. The van der Waals surface area contributed by atoms with Gasteiger partial charge in [-0.3, -0.25) is 9.59 Å². The van der Waals surface area contributed by atoms with E-state index in [1.165, 1.54) is 0 Å². The van der Waals surface area contributed by atoms with Gasteiger partial charge in [-0.2, -0.15) is 0 Å². The van der Waals surface area contributed by atoms with Crippen molar-refractivity contribution in [3.05, 3.63) is 47.4 Å². The monoisotopic (exact) mass is 386 g/mol. The molecule has 2 aromatic rings. The average molecular weight is 386 g/mol. The topological polar surface area (TPSA) is 81.0 Å². The van der Waals surface area contributed by atoms with Gasteiger partial charge in [0.25, 0.3) is 0 Å². The van der Waals surface area contributed by atoms with E-state index >= 15 is 0 Å². The van der Waals surface area contributed by atoms with Crippen LogP contribution in [0.5, 0.6) is 11.5 Å². The fraction of sp³-hybridized carbons (Fsp3) is 0.429. The van der Waals surface area contributed by atoms with Gasteiger partial charge in [-0.05, 0) is 43.2 Å². The third-order valence-corrected chi connectivity index (χ3v) is 4.94. The summed E-state index contributed by atoms with van der Waals surface area (Å²) in [6.45, 7) is 3.20. The van der Waals surface area contributed by atoms with Gasteiger partial charge in [0.15, 0.2) is 11.5 Å². The summed E-state index contributed by atoms with van der Waals surface area (Å²) in [5, 5.41) is 2.85. The van der Waals surface area contributed by atoms with Crippen molar-refractivity contribution in [2.24, 2.45) is 5.92 Å². The number of carbonyl (C=O) groups is 2. The summed E-state index contributed by atoms with van der Waals surface area (Å²) >= 11 is 0. The van der Waals surface area contributed by atoms with Crippen LogP contribution in [0.3, 0.4) is 0 Å². The third-order valence-electron chi connectivity index (χ3n) is 4.94. The minimum atomic E-state index is -0.325. The van der Waals surface area contributed by atoms with E-state index in [0.29, 0.717) is 43.3 Å². The molecule has 150 valence electrons. The van der Waals surface area contributed by atoms with Crippen LogP contribution in [-0.4, -0.2) is 44.0 Å². The smallest absolute Gasteiger partial charge is 0.225 e. The van der Waals surface area contributed by atoms with Gasteiger partial charge in [-0.15, -0.1) is 0 Å². The summed E-state index contributed by atoms with van der Waals surface area (Å²) in [7, 11) is 3.19. The molecule has 7 heteroatoms. The van der Waals surface area contributed by atoms with E-state index in [-0.39, 0.29) is 24.2 Å². The maximum atomic E-state index is 12.4. The van der Waals surface area contributed by atoms with Gasteiger partial charge >= 0.3 is 0 Å². The van der Waals surface area contributed by atoms with Gasteiger partial charge in [0, 0.05) is 19.5 Å². The molecule has 3 rings (SSSR count). The maximum absolute atomic E-state index is 12.4. The van der Waals surface area contributed by atoms with E-state index in [2.05, 4.69) is 5.32 Å². The van der Waals surface area contributed by atoms with E-state index in [1.807, 2.05) is 37.3 Å². The Kier molecular flexibility index (Phi) is 6.23. The summed E-state index contributed by atoms with van der Waals surface area (Å²) in [4.78, 5) is 26.4. The lowest BCUT2D eigenvalue weighted by atomic mass is 10.1. The van der Waals surface area contributed by atoms with Gasteiger partial charge in [-0.1, -0.05) is 6.07 Å². The maximum Gasteiger partial charge on any atom is 0.225 e. The van der Waals surface area contributed by atoms with Crippen LogP contribution in [0.1, 0.15) is 23.5 Å². The summed E-state index contributed by atoms with van der Waals surface area (Å²) in [5.41, 5.74) is 1.05. The molecule has 2 amide bonds. The first-order valence-corrected chi connectivity index (χ1v) is 9.32. The first-order valence-electron chi connectivity index (χ1n) is 9.32. The second kappa shape index (κ2) is 8.82. The first-order chi connectivity index (χ1) is 13.5. The first kappa shape index (κ1) is 19.8. The molecule has 1 N–H and O–H groups in total. The highest BCUT2D eigenvalue weighted by molar-refractivity contribution is 5.89. The molecule has 0 unspecified atom stereocenters. The molecule has 0 radical (unpaired) electrons. The minimum Gasteiger partial charge on any atom is -0.493 e. The van der Waals surface area contributed by atoms with Crippen molar-refractivity contribution in [3.63, 3.8) is 0 Å². The van der Waals surface area contributed by atoms with Crippen LogP contribution in [0.2, 0.25) is 0 Å². The zero-order valence-corrected chi connectivity index (χ0v) is 16.5. The summed E-state index contributed by atoms with van der Waals surface area (Å²) in [5.74, 6) is 2.42. The molecule has 1 fully saturated rings. The number of hydrogen-bond acceptors (Lipinski definition) is 5. The van der Waals surface area contributed by atoms with Crippen LogP contribution in [0.4, 0.5) is 0 Å². The molecule has 1 aromatic carbocycles. The highest BCUT2D eigenvalue weighted by Gasteiger charge is 2.33. The molecule has 1 atom stereocenters. The zero-order chi connectivity index (χ0) is 20.1. The number of ether oxygens (including phenoxy) is 2. The van der Waals surface area contributed by atoms with Crippen LogP contribution in [0.25, 0.3) is 0 Å². The molecule has 1 aliphatic rings. The number of amides is 2. The van der Waals surface area contributed by atoms with E-state index in [4.69, 9.17) is 13.9 Å². The number of rotatable bonds is 8. The molecule has 7 nitrogen and oxygen atoms in total. The van der Waals surface area contributed by atoms with Crippen molar-refractivity contribution in [1.82, 2.24) is 10.2 Å². The van der Waals surface area contributed by atoms with Gasteiger partial charge in [0.1, 0.15) is 11.5 Å². The van der Waals surface area contributed by atoms with Crippen LogP contribution in [0, 0.1) is 12.8 Å². The number of likely N-dealkylation sites (tertiary alicyclic amines) is 1. The second-order valence-corrected chi connectivity index (χ2v) is 6.91. The molecule has 0 saturated carbocycles. The van der Waals surface area contributed by atoms with E-state index in [9.17, 15) is 9.59 Å². The molecule has 1 saturated heterocycles. The number of methoxy groups -OCH3 is 2. The quantitative estimate of drug-likeness (QED) is 0.753. The van der Waals surface area contributed by atoms with Crippen LogP contribution in [-0.2, 0) is 22.6 Å². The van der Waals surface area contributed by atoms with Crippen LogP contribution in [0.15, 0.2) is 34.7 Å². The molecule has 28 heavy (non-hydrogen) atoms. The zero-order valence-electron chi connectivity index (χ0n) is 16.5. The van der Waals surface area contributed by atoms with Crippen molar-refractivity contribution >= 4 is 11.8 Å². The predicted octanol–water partition coefficient (Wildman–Crippen LogP) is 2.31. The standard InChI is InChI=1S/C21H26N2O5/c1-14-4-6-17(28-14)12-22-21(25)16-11-20(24)23(13-16)9-8-15-5-7-18(26-2)19(10-15)27-3/h4-7,10,16H,8-9,11-13H2,1-3H3,(H,22,25)/t16-/m1/s1. The lowest BCUT2D eigenvalue weighted by molar-refractivity contribution is -0.129. The fourth-order valence-electron chi connectivity index (χ4n) is 3.36. The molecule has 2 heterocycles. The van der Waals surface area contributed by atoms with Crippen LogP contribution >= 0.6 is 0 Å². The van der Waals surface area contributed by atoms with Gasteiger partial charge in [-0.25, -0.2) is 0 Å². The highest BCUT2D eigenvalue weighted by atomic mass is 16.5. The number of nitrogens with zero attached hydrogens (tertiary/aromatic N) is 1. The minimum absolute atomic E-state index is 0.00877. The van der Waals surface area contributed by atoms with Crippen molar-refractivity contribution in [3.8, 4) is 11.5 Å². The van der Waals surface area contributed by atoms with Crippen molar-refractivity contribution in [1.29, 1.82) is 0 Å². The molecule has 0 bridgehead atoms. The lowest BCUT2D eigenvalue weighted by Gasteiger charge is -2.17. The van der Waals surface area contributed by atoms with E-state index in [0.717, 1.165) is 11.3 Å². The summed E-state index contributed by atoms with van der Waals surface area (Å²) < 4.78 is 16.0. The molecular formula is C21H26N2O5. The number of furan rings is 1. The average Bonchev–Trinajstić information content (AvgIpc) is 3.29. The molecule has 0 aliphatic carbocycles. The van der Waals surface area contributed by atoms with Gasteiger partial charge < -0.3 is 24.1 Å². The SMILES string of the molecule is COc1ccc(CCN2C[C@H](C(=O)NCc3ccc(C)o3)CC2=O)cc1OC. The van der Waals surface area contributed by atoms with E-state index in [1.54, 1.807) is 19.1 Å². The normalized spacial score (nSPS) is 16.3. The second-order valence-electron chi connectivity index (χ2n) is 6.91. The van der Waals surface area contributed by atoms with Crippen molar-refractivity contribution in [2.45, 2.75) is 26.3 Å². The molecule has 1 aromatic heterocycles. The van der Waals surface area contributed by atoms with Gasteiger partial charge in [0.2, 0.25) is 11.8 Å². The summed E-state index contributed by atoms with van der Waals surface area (Å²) in [6, 6.07) is 9.42.